The third kappa shape index (κ3) is 6.40. The molecule has 1 amide bonds. The van der Waals surface area contributed by atoms with Gasteiger partial charge in [-0.15, -0.1) is 12.4 Å². The van der Waals surface area contributed by atoms with E-state index in [1.807, 2.05) is 13.8 Å². The van der Waals surface area contributed by atoms with E-state index >= 15 is 0 Å². The van der Waals surface area contributed by atoms with E-state index in [2.05, 4.69) is 15.4 Å². The van der Waals surface area contributed by atoms with Gasteiger partial charge in [-0.3, -0.25) is 9.52 Å². The highest BCUT2D eigenvalue weighted by atomic mass is 35.5. The molecule has 2 aromatic carbocycles. The maximum Gasteiger partial charge on any atom is 0.262 e. The molecule has 0 radical (unpaired) electrons. The molecule has 0 bridgehead atoms. The number of amides is 1. The fourth-order valence-corrected chi connectivity index (χ4v) is 3.56. The van der Waals surface area contributed by atoms with Gasteiger partial charge in [-0.1, -0.05) is 19.1 Å². The Hall–Kier alpha value is -2.29. The first-order valence-electron chi connectivity index (χ1n) is 8.65. The third-order valence-corrected chi connectivity index (χ3v) is 5.28. The van der Waals surface area contributed by atoms with E-state index in [1.54, 1.807) is 24.3 Å². The van der Waals surface area contributed by atoms with Gasteiger partial charge in [0.2, 0.25) is 0 Å². The smallest absolute Gasteiger partial charge is 0.262 e. The lowest BCUT2D eigenvalue weighted by atomic mass is 10.2. The molecule has 154 valence electrons. The number of sulfonamides is 1. The lowest BCUT2D eigenvalue weighted by Gasteiger charge is -2.14. The molecule has 7 nitrogen and oxygen atoms in total. The molecule has 0 unspecified atom stereocenters. The molecule has 0 spiro atoms. The molecule has 2 rings (SSSR count). The van der Waals surface area contributed by atoms with Crippen LogP contribution >= 0.6 is 12.4 Å². The quantitative estimate of drug-likeness (QED) is 0.571. The van der Waals surface area contributed by atoms with Crippen molar-refractivity contribution in [2.75, 3.05) is 24.9 Å². The number of hydrogen-bond donors (Lipinski definition) is 3. The Balaban J connectivity index is 0.00000392. The van der Waals surface area contributed by atoms with Gasteiger partial charge in [0.1, 0.15) is 5.75 Å². The normalized spacial score (nSPS) is 11.8. The van der Waals surface area contributed by atoms with Crippen LogP contribution in [-0.4, -0.2) is 40.6 Å². The molecule has 9 heteroatoms. The molecule has 0 fully saturated rings. The summed E-state index contributed by atoms with van der Waals surface area (Å²) in [4.78, 5) is 12.2. The minimum Gasteiger partial charge on any atom is -0.495 e. The van der Waals surface area contributed by atoms with Gasteiger partial charge in [-0.25, -0.2) is 8.42 Å². The maximum absolute atomic E-state index is 12.6. The van der Waals surface area contributed by atoms with Crippen LogP contribution in [0.1, 0.15) is 24.2 Å². The van der Waals surface area contributed by atoms with Gasteiger partial charge >= 0.3 is 0 Å². The van der Waals surface area contributed by atoms with Crippen LogP contribution in [-0.2, 0) is 10.0 Å². The number of carbonyl (C=O) groups excluding carboxylic acids is 1. The fraction of sp³-hybridized carbons (Fsp3) is 0.316. The predicted octanol–water partition coefficient (Wildman–Crippen LogP) is 2.65. The monoisotopic (exact) mass is 427 g/mol. The van der Waals surface area contributed by atoms with Gasteiger partial charge in [-0.2, -0.15) is 0 Å². The van der Waals surface area contributed by atoms with Crippen molar-refractivity contribution in [2.24, 2.45) is 0 Å². The highest BCUT2D eigenvalue weighted by Crippen LogP contribution is 2.26. The second-order valence-electron chi connectivity index (χ2n) is 6.00. The van der Waals surface area contributed by atoms with Gasteiger partial charge in [0, 0.05) is 18.2 Å². The first kappa shape index (κ1) is 23.7. The number of ether oxygens (including phenoxy) is 1. The number of carbonyl (C=O) groups is 1. The summed E-state index contributed by atoms with van der Waals surface area (Å²) in [7, 11) is -2.32. The summed E-state index contributed by atoms with van der Waals surface area (Å²) >= 11 is 0. The van der Waals surface area contributed by atoms with Crippen LogP contribution in [0.4, 0.5) is 5.69 Å². The summed E-state index contributed by atoms with van der Waals surface area (Å²) in [6, 6.07) is 12.7. The van der Waals surface area contributed by atoms with E-state index < -0.39 is 10.0 Å². The molecular formula is C19H26ClN3O4S. The standard InChI is InChI=1S/C19H25N3O4S.ClH/c1-4-20-14(2)13-21-19(23)15-9-11-16(12-10-15)27(24,25)22-17-7-5-6-8-18(17)26-3;/h5-12,14,20,22H,4,13H2,1-3H3,(H,21,23);1H/t14-;/m1./s1. The third-order valence-electron chi connectivity index (χ3n) is 3.90. The highest BCUT2D eigenvalue weighted by molar-refractivity contribution is 7.92. The molecule has 0 aliphatic heterocycles. The number of hydrogen-bond acceptors (Lipinski definition) is 5. The molecule has 0 heterocycles. The van der Waals surface area contributed by atoms with Crippen LogP contribution in [0.3, 0.4) is 0 Å². The number of rotatable bonds is 9. The van der Waals surface area contributed by atoms with Gasteiger partial charge in [0.15, 0.2) is 0 Å². The number of anilines is 1. The van der Waals surface area contributed by atoms with Crippen LogP contribution in [0.2, 0.25) is 0 Å². The topological polar surface area (TPSA) is 96.5 Å². The lowest BCUT2D eigenvalue weighted by molar-refractivity contribution is 0.0950. The number of methoxy groups -OCH3 is 1. The summed E-state index contributed by atoms with van der Waals surface area (Å²) in [5.41, 5.74) is 0.745. The molecule has 0 saturated heterocycles. The molecule has 0 saturated carbocycles. The van der Waals surface area contributed by atoms with Crippen molar-refractivity contribution in [1.82, 2.24) is 10.6 Å². The molecular weight excluding hydrogens is 402 g/mol. The largest absolute Gasteiger partial charge is 0.495 e. The number of nitrogens with one attached hydrogen (secondary N) is 3. The van der Waals surface area contributed by atoms with E-state index in [4.69, 9.17) is 4.74 Å². The summed E-state index contributed by atoms with van der Waals surface area (Å²) in [6.07, 6.45) is 0. The molecule has 0 aliphatic rings. The molecule has 2 aromatic rings. The van der Waals surface area contributed by atoms with Gasteiger partial charge in [0.25, 0.3) is 15.9 Å². The zero-order valence-corrected chi connectivity index (χ0v) is 17.7. The van der Waals surface area contributed by atoms with Crippen LogP contribution in [0.25, 0.3) is 0 Å². The van der Waals surface area contributed by atoms with Crippen molar-refractivity contribution in [3.8, 4) is 5.75 Å². The summed E-state index contributed by atoms with van der Waals surface area (Å²) in [5, 5.41) is 6.01. The van der Waals surface area contributed by atoms with Crippen molar-refractivity contribution in [3.63, 3.8) is 0 Å². The molecule has 28 heavy (non-hydrogen) atoms. The maximum atomic E-state index is 12.6. The van der Waals surface area contributed by atoms with Crippen molar-refractivity contribution >= 4 is 34.0 Å². The summed E-state index contributed by atoms with van der Waals surface area (Å²) in [6.45, 7) is 5.28. The number of benzene rings is 2. The van der Waals surface area contributed by atoms with E-state index in [0.29, 0.717) is 23.5 Å². The average molecular weight is 428 g/mol. The summed E-state index contributed by atoms with van der Waals surface area (Å²) < 4.78 is 32.8. The van der Waals surface area contributed by atoms with E-state index in [1.165, 1.54) is 31.4 Å². The zero-order chi connectivity index (χ0) is 19.9. The zero-order valence-electron chi connectivity index (χ0n) is 16.1. The Morgan fingerprint density at radius 2 is 1.75 bits per heavy atom. The Labute approximate surface area is 172 Å². The number of likely N-dealkylation sites (N-methyl/N-ethyl adjacent to an activating group) is 1. The molecule has 0 aromatic heterocycles. The first-order valence-corrected chi connectivity index (χ1v) is 10.1. The molecule has 1 atom stereocenters. The lowest BCUT2D eigenvalue weighted by Crippen LogP contribution is -2.38. The Kier molecular flexibility index (Phi) is 9.24. The Bertz CT molecular complexity index is 873. The average Bonchev–Trinajstić information content (AvgIpc) is 2.66. The van der Waals surface area contributed by atoms with Crippen LogP contribution in [0.5, 0.6) is 5.75 Å². The minimum atomic E-state index is -3.79. The van der Waals surface area contributed by atoms with Crippen LogP contribution in [0.15, 0.2) is 53.4 Å². The summed E-state index contributed by atoms with van der Waals surface area (Å²) in [5.74, 6) is 0.174. The fourth-order valence-electron chi connectivity index (χ4n) is 2.49. The highest BCUT2D eigenvalue weighted by Gasteiger charge is 2.17. The predicted molar refractivity (Wildman–Crippen MR) is 113 cm³/mol. The van der Waals surface area contributed by atoms with Crippen molar-refractivity contribution in [2.45, 2.75) is 24.8 Å². The van der Waals surface area contributed by atoms with Crippen LogP contribution in [0, 0.1) is 0 Å². The van der Waals surface area contributed by atoms with Crippen LogP contribution < -0.4 is 20.1 Å². The van der Waals surface area contributed by atoms with Crippen molar-refractivity contribution in [3.05, 3.63) is 54.1 Å². The molecule has 0 aliphatic carbocycles. The molecule has 3 N–H and O–H groups in total. The Morgan fingerprint density at radius 3 is 2.36 bits per heavy atom. The SMILES string of the molecule is CCN[C@H](C)CNC(=O)c1ccc(S(=O)(=O)Nc2ccccc2OC)cc1.Cl. The van der Waals surface area contributed by atoms with Crippen molar-refractivity contribution in [1.29, 1.82) is 0 Å². The van der Waals surface area contributed by atoms with E-state index in [-0.39, 0.29) is 29.3 Å². The first-order chi connectivity index (χ1) is 12.9. The van der Waals surface area contributed by atoms with Gasteiger partial charge in [-0.05, 0) is 49.9 Å². The number of para-hydroxylation sites is 2. The van der Waals surface area contributed by atoms with Gasteiger partial charge in [0.05, 0.1) is 17.7 Å². The minimum absolute atomic E-state index is 0. The van der Waals surface area contributed by atoms with Gasteiger partial charge < -0.3 is 15.4 Å². The Morgan fingerprint density at radius 1 is 1.11 bits per heavy atom. The van der Waals surface area contributed by atoms with Crippen molar-refractivity contribution < 1.29 is 17.9 Å². The van der Waals surface area contributed by atoms with E-state index in [0.717, 1.165) is 6.54 Å². The van der Waals surface area contributed by atoms with E-state index in [9.17, 15) is 13.2 Å². The number of halogens is 1. The second kappa shape index (κ2) is 10.9. The second-order valence-corrected chi connectivity index (χ2v) is 7.68.